The van der Waals surface area contributed by atoms with E-state index in [2.05, 4.69) is 46.3 Å². The zero-order chi connectivity index (χ0) is 21.8. The number of aryl methyl sites for hydroxylation is 1. The van der Waals surface area contributed by atoms with Gasteiger partial charge in [0.1, 0.15) is 0 Å². The van der Waals surface area contributed by atoms with Gasteiger partial charge in [0.15, 0.2) is 0 Å². The van der Waals surface area contributed by atoms with E-state index in [-0.39, 0.29) is 5.91 Å². The number of carboxylic acid groups (broad SMARTS) is 1. The van der Waals surface area contributed by atoms with Gasteiger partial charge in [-0.3, -0.25) is 4.79 Å². The fourth-order valence-corrected chi connectivity index (χ4v) is 4.84. The predicted molar refractivity (Wildman–Crippen MR) is 121 cm³/mol. The van der Waals surface area contributed by atoms with Crippen molar-refractivity contribution in [1.82, 2.24) is 0 Å². The molecule has 2 aliphatic rings. The molecule has 0 radical (unpaired) electrons. The van der Waals surface area contributed by atoms with Crippen molar-refractivity contribution in [3.8, 4) is 0 Å². The first-order valence-corrected chi connectivity index (χ1v) is 11.2. The lowest BCUT2D eigenvalue weighted by molar-refractivity contribution is -0.313. The number of nitrogens with zero attached hydrogens (tertiary/aromatic N) is 2. The number of carbonyl (C=O) groups is 2. The molecule has 1 aliphatic heterocycles. The van der Waals surface area contributed by atoms with Gasteiger partial charge >= 0.3 is 0 Å². The number of hydrogen-bond acceptors (Lipinski definition) is 5. The van der Waals surface area contributed by atoms with Gasteiger partial charge in [0.25, 0.3) is 0 Å². The van der Waals surface area contributed by atoms with Crippen molar-refractivity contribution in [2.24, 2.45) is 11.8 Å². The monoisotopic (exact) mass is 420 g/mol. The maximum absolute atomic E-state index is 12.6. The lowest BCUT2D eigenvalue weighted by Crippen LogP contribution is -2.46. The summed E-state index contributed by atoms with van der Waals surface area (Å²) in [4.78, 5) is 28.8. The second-order valence-electron chi connectivity index (χ2n) is 8.61. The van der Waals surface area contributed by atoms with Gasteiger partial charge in [0.05, 0.1) is 0 Å². The minimum absolute atomic E-state index is 0.214. The Morgan fingerprint density at radius 1 is 0.871 bits per heavy atom. The first-order chi connectivity index (χ1) is 15.0. The molecule has 6 nitrogen and oxygen atoms in total. The molecule has 1 N–H and O–H groups in total. The number of rotatable bonds is 5. The number of nitrogens with one attached hydrogen (secondary N) is 1. The van der Waals surface area contributed by atoms with Crippen LogP contribution in [0.25, 0.3) is 0 Å². The molecule has 31 heavy (non-hydrogen) atoms. The van der Waals surface area contributed by atoms with Crippen molar-refractivity contribution in [2.45, 2.75) is 32.6 Å². The summed E-state index contributed by atoms with van der Waals surface area (Å²) in [7, 11) is 0. The van der Waals surface area contributed by atoms with Gasteiger partial charge in [-0.05, 0) is 55.7 Å². The summed E-state index contributed by atoms with van der Waals surface area (Å²) in [5.74, 6) is -2.51. The van der Waals surface area contributed by atoms with Crippen LogP contribution < -0.4 is 20.2 Å². The highest BCUT2D eigenvalue weighted by Crippen LogP contribution is 2.31. The molecule has 0 aromatic heterocycles. The normalized spacial score (nSPS) is 21.6. The molecule has 164 valence electrons. The van der Waals surface area contributed by atoms with Gasteiger partial charge in [-0.25, -0.2) is 0 Å². The van der Waals surface area contributed by atoms with Gasteiger partial charge in [-0.1, -0.05) is 31.0 Å². The number of amides is 1. The zero-order valence-corrected chi connectivity index (χ0v) is 18.0. The minimum Gasteiger partial charge on any atom is -0.550 e. The third-order valence-electron chi connectivity index (χ3n) is 6.64. The van der Waals surface area contributed by atoms with Crippen molar-refractivity contribution in [3.63, 3.8) is 0 Å². The van der Waals surface area contributed by atoms with Gasteiger partial charge in [0, 0.05) is 61.0 Å². The number of aliphatic carboxylic acids is 1. The number of benzene rings is 2. The van der Waals surface area contributed by atoms with Crippen LogP contribution >= 0.6 is 0 Å². The van der Waals surface area contributed by atoms with Crippen LogP contribution in [0.15, 0.2) is 48.5 Å². The Labute approximate surface area is 183 Å². The van der Waals surface area contributed by atoms with E-state index in [0.717, 1.165) is 44.7 Å². The molecule has 1 aliphatic carbocycles. The van der Waals surface area contributed by atoms with Crippen molar-refractivity contribution in [1.29, 1.82) is 0 Å². The summed E-state index contributed by atoms with van der Waals surface area (Å²) in [5, 5.41) is 14.3. The number of hydrogen-bond donors (Lipinski definition) is 1. The van der Waals surface area contributed by atoms with E-state index in [1.807, 2.05) is 24.3 Å². The highest BCUT2D eigenvalue weighted by atomic mass is 16.4. The van der Waals surface area contributed by atoms with E-state index in [4.69, 9.17) is 0 Å². The number of para-hydroxylation sites is 1. The fourth-order valence-electron chi connectivity index (χ4n) is 4.84. The van der Waals surface area contributed by atoms with Crippen LogP contribution in [0.5, 0.6) is 0 Å². The molecular formula is C25H30N3O3-. The molecule has 2 aromatic carbocycles. The summed E-state index contributed by atoms with van der Waals surface area (Å²) < 4.78 is 0. The van der Waals surface area contributed by atoms with Crippen LogP contribution in [-0.4, -0.2) is 38.1 Å². The van der Waals surface area contributed by atoms with Crippen molar-refractivity contribution in [3.05, 3.63) is 54.1 Å². The Morgan fingerprint density at radius 3 is 2.13 bits per heavy atom. The van der Waals surface area contributed by atoms with E-state index < -0.39 is 17.8 Å². The molecule has 0 spiro atoms. The average molecular weight is 421 g/mol. The fraction of sp³-hybridized carbons (Fsp3) is 0.440. The van der Waals surface area contributed by atoms with Gasteiger partial charge in [0.2, 0.25) is 5.91 Å². The summed E-state index contributed by atoms with van der Waals surface area (Å²) in [6.45, 7) is 5.97. The number of carbonyl (C=O) groups excluding carboxylic acids is 2. The number of piperazine rings is 1. The van der Waals surface area contributed by atoms with E-state index in [1.165, 1.54) is 11.3 Å². The largest absolute Gasteiger partial charge is 0.550 e. The molecule has 1 heterocycles. The molecule has 0 bridgehead atoms. The first-order valence-electron chi connectivity index (χ1n) is 11.2. The van der Waals surface area contributed by atoms with Crippen LogP contribution in [0.3, 0.4) is 0 Å². The average Bonchev–Trinajstić information content (AvgIpc) is 2.80. The van der Waals surface area contributed by atoms with Crippen LogP contribution in [0.1, 0.15) is 31.2 Å². The van der Waals surface area contributed by atoms with Gasteiger partial charge in [-0.2, -0.15) is 0 Å². The minimum atomic E-state index is -1.11. The molecule has 1 amide bonds. The maximum atomic E-state index is 12.6. The lowest BCUT2D eigenvalue weighted by Gasteiger charge is -2.38. The van der Waals surface area contributed by atoms with Crippen molar-refractivity contribution in [2.75, 3.05) is 41.3 Å². The van der Waals surface area contributed by atoms with E-state index in [9.17, 15) is 14.7 Å². The lowest BCUT2D eigenvalue weighted by atomic mass is 9.78. The molecule has 1 saturated heterocycles. The SMILES string of the molecule is Cc1ccccc1N1CCN(c2ccc(NC(=O)C3CCCCC3C(=O)[O-])cc2)CC1. The Hall–Kier alpha value is -3.02. The van der Waals surface area contributed by atoms with Crippen LogP contribution in [-0.2, 0) is 9.59 Å². The molecule has 2 atom stereocenters. The number of anilines is 3. The molecule has 2 unspecified atom stereocenters. The van der Waals surface area contributed by atoms with Crippen molar-refractivity contribution >= 4 is 28.9 Å². The van der Waals surface area contributed by atoms with Crippen molar-refractivity contribution < 1.29 is 14.7 Å². The molecule has 2 aromatic rings. The predicted octanol–water partition coefficient (Wildman–Crippen LogP) is 2.82. The van der Waals surface area contributed by atoms with Gasteiger partial charge in [-0.15, -0.1) is 0 Å². The Balaban J connectivity index is 1.34. The quantitative estimate of drug-likeness (QED) is 0.805. The maximum Gasteiger partial charge on any atom is 0.228 e. The Morgan fingerprint density at radius 2 is 1.48 bits per heavy atom. The van der Waals surface area contributed by atoms with Crippen LogP contribution in [0.2, 0.25) is 0 Å². The summed E-state index contributed by atoms with van der Waals surface area (Å²) >= 11 is 0. The highest BCUT2D eigenvalue weighted by Gasteiger charge is 2.31. The molecule has 6 heteroatoms. The number of carboxylic acids is 1. The molecule has 1 saturated carbocycles. The summed E-state index contributed by atoms with van der Waals surface area (Å²) in [6.07, 6.45) is 2.85. The standard InChI is InChI=1S/C25H31N3O3/c1-18-6-2-5-9-23(18)28-16-14-27(15-17-28)20-12-10-19(11-13-20)26-24(29)21-7-3-4-8-22(21)25(30)31/h2,5-6,9-13,21-22H,3-4,7-8,14-17H2,1H3,(H,26,29)(H,30,31)/p-1. The highest BCUT2D eigenvalue weighted by molar-refractivity contribution is 5.95. The second kappa shape index (κ2) is 9.41. The van der Waals surface area contributed by atoms with Crippen LogP contribution in [0.4, 0.5) is 17.1 Å². The van der Waals surface area contributed by atoms with Gasteiger partial charge < -0.3 is 25.0 Å². The summed E-state index contributed by atoms with van der Waals surface area (Å²) in [5.41, 5.74) is 4.44. The molecular weight excluding hydrogens is 390 g/mol. The topological polar surface area (TPSA) is 75.7 Å². The van der Waals surface area contributed by atoms with E-state index in [0.29, 0.717) is 18.5 Å². The molecule has 2 fully saturated rings. The third kappa shape index (κ3) is 4.84. The molecule has 4 rings (SSSR count). The van der Waals surface area contributed by atoms with Crippen LogP contribution in [0, 0.1) is 18.8 Å². The smallest absolute Gasteiger partial charge is 0.228 e. The summed E-state index contributed by atoms with van der Waals surface area (Å²) in [6, 6.07) is 16.3. The van der Waals surface area contributed by atoms with E-state index >= 15 is 0 Å². The zero-order valence-electron chi connectivity index (χ0n) is 18.0. The third-order valence-corrected chi connectivity index (χ3v) is 6.64. The Bertz CT molecular complexity index is 920. The Kier molecular flexibility index (Phi) is 6.44. The van der Waals surface area contributed by atoms with E-state index in [1.54, 1.807) is 0 Å². The second-order valence-corrected chi connectivity index (χ2v) is 8.61. The first kappa shape index (κ1) is 21.2.